The van der Waals surface area contributed by atoms with Gasteiger partial charge in [-0.1, -0.05) is 12.1 Å². The van der Waals surface area contributed by atoms with E-state index in [0.717, 1.165) is 0 Å². The fraction of sp³-hybridized carbons (Fsp3) is 0.467. The van der Waals surface area contributed by atoms with Gasteiger partial charge in [0.1, 0.15) is 18.9 Å². The minimum Gasteiger partial charge on any atom is -0.490 e. The molecule has 0 N–H and O–H groups in total. The molecule has 2 aliphatic heterocycles. The second-order valence-electron chi connectivity index (χ2n) is 5.60. The molecular weight excluding hydrogens is 313 g/mol. The Morgan fingerprint density at radius 3 is 2.78 bits per heavy atom. The number of likely N-dealkylation sites (tertiary alicyclic amines) is 1. The van der Waals surface area contributed by atoms with Gasteiger partial charge in [-0.05, 0) is 12.1 Å². The number of hydrogen-bond acceptors (Lipinski definition) is 3. The van der Waals surface area contributed by atoms with Crippen LogP contribution >= 0.6 is 0 Å². The van der Waals surface area contributed by atoms with Gasteiger partial charge >= 0.3 is 6.18 Å². The Hall–Kier alpha value is -2.25. The molecule has 1 aromatic rings. The summed E-state index contributed by atoms with van der Waals surface area (Å²) in [5.74, 6) is -1.17. The number of alkyl halides is 3. The van der Waals surface area contributed by atoms with Crippen molar-refractivity contribution in [2.24, 2.45) is 5.92 Å². The molecule has 2 aliphatic rings. The highest BCUT2D eigenvalue weighted by Gasteiger charge is 2.42. The van der Waals surface area contributed by atoms with Gasteiger partial charge in [-0.15, -0.1) is 0 Å². The largest absolute Gasteiger partial charge is 0.490 e. The van der Waals surface area contributed by atoms with Crippen molar-refractivity contribution in [1.82, 2.24) is 4.90 Å². The molecule has 0 radical (unpaired) electrons. The molecule has 0 spiro atoms. The number of carbonyl (C=O) groups is 2. The molecule has 0 saturated carbocycles. The number of para-hydroxylation sites is 2. The summed E-state index contributed by atoms with van der Waals surface area (Å²) in [5.41, 5.74) is 0.588. The van der Waals surface area contributed by atoms with Gasteiger partial charge in [0, 0.05) is 13.0 Å². The summed E-state index contributed by atoms with van der Waals surface area (Å²) in [6.45, 7) is -0.874. The van der Waals surface area contributed by atoms with E-state index in [1.165, 1.54) is 4.90 Å². The summed E-state index contributed by atoms with van der Waals surface area (Å²) in [6, 6.07) is 6.97. The molecule has 1 fully saturated rings. The Labute approximate surface area is 130 Å². The topological polar surface area (TPSA) is 49.9 Å². The van der Waals surface area contributed by atoms with Crippen LogP contribution in [-0.2, 0) is 9.59 Å². The van der Waals surface area contributed by atoms with Gasteiger partial charge in [0.05, 0.1) is 18.2 Å². The highest BCUT2D eigenvalue weighted by Crippen LogP contribution is 2.33. The molecule has 1 unspecified atom stereocenters. The zero-order chi connectivity index (χ0) is 16.6. The fourth-order valence-corrected chi connectivity index (χ4v) is 2.93. The third kappa shape index (κ3) is 3.25. The van der Waals surface area contributed by atoms with Gasteiger partial charge in [0.25, 0.3) is 0 Å². The molecule has 5 nitrogen and oxygen atoms in total. The molecule has 0 bridgehead atoms. The van der Waals surface area contributed by atoms with Crippen molar-refractivity contribution in [2.75, 3.05) is 31.1 Å². The lowest BCUT2D eigenvalue weighted by Crippen LogP contribution is -2.42. The maximum Gasteiger partial charge on any atom is 0.406 e. The van der Waals surface area contributed by atoms with Crippen LogP contribution in [0.15, 0.2) is 24.3 Å². The number of nitrogens with zero attached hydrogens (tertiary/aromatic N) is 2. The van der Waals surface area contributed by atoms with Gasteiger partial charge in [-0.25, -0.2) is 0 Å². The fourth-order valence-electron chi connectivity index (χ4n) is 2.93. The van der Waals surface area contributed by atoms with E-state index in [1.807, 2.05) is 0 Å². The maximum atomic E-state index is 12.6. The zero-order valence-electron chi connectivity index (χ0n) is 12.2. The molecule has 124 valence electrons. The highest BCUT2D eigenvalue weighted by atomic mass is 19.4. The number of benzene rings is 1. The first-order valence-electron chi connectivity index (χ1n) is 7.23. The highest BCUT2D eigenvalue weighted by molar-refractivity contribution is 6.00. The van der Waals surface area contributed by atoms with Crippen molar-refractivity contribution >= 4 is 17.5 Å². The summed E-state index contributed by atoms with van der Waals surface area (Å²) in [6.07, 6.45) is -4.65. The number of halogens is 3. The molecule has 2 heterocycles. The summed E-state index contributed by atoms with van der Waals surface area (Å²) in [4.78, 5) is 26.6. The normalized spacial score (nSPS) is 21.2. The molecule has 8 heteroatoms. The molecule has 1 atom stereocenters. The second-order valence-corrected chi connectivity index (χ2v) is 5.60. The molecule has 2 amide bonds. The molecule has 23 heavy (non-hydrogen) atoms. The van der Waals surface area contributed by atoms with Gasteiger partial charge < -0.3 is 14.5 Å². The Morgan fingerprint density at radius 1 is 1.30 bits per heavy atom. The predicted molar refractivity (Wildman–Crippen MR) is 75.0 cm³/mol. The van der Waals surface area contributed by atoms with Crippen LogP contribution in [0.5, 0.6) is 5.75 Å². The van der Waals surface area contributed by atoms with E-state index < -0.39 is 24.5 Å². The summed E-state index contributed by atoms with van der Waals surface area (Å²) >= 11 is 0. The standard InChI is InChI=1S/C15H15F3N2O3/c16-15(17,18)9-19-8-10(7-13(19)21)14(22)20-5-6-23-12-4-2-1-3-11(12)20/h1-4,10H,5-9H2. The molecular formula is C15H15F3N2O3. The molecule has 3 rings (SSSR count). The van der Waals surface area contributed by atoms with E-state index in [2.05, 4.69) is 0 Å². The number of carbonyl (C=O) groups excluding carboxylic acids is 2. The minimum atomic E-state index is -4.46. The monoisotopic (exact) mass is 328 g/mol. The van der Waals surface area contributed by atoms with Gasteiger partial charge in [-0.2, -0.15) is 13.2 Å². The Bertz CT molecular complexity index is 633. The Balaban J connectivity index is 1.74. The minimum absolute atomic E-state index is 0.186. The first kappa shape index (κ1) is 15.6. The first-order chi connectivity index (χ1) is 10.8. The van der Waals surface area contributed by atoms with Gasteiger partial charge in [0.15, 0.2) is 0 Å². The number of amides is 2. The van der Waals surface area contributed by atoms with E-state index in [1.54, 1.807) is 24.3 Å². The van der Waals surface area contributed by atoms with E-state index in [4.69, 9.17) is 4.74 Å². The van der Waals surface area contributed by atoms with E-state index in [9.17, 15) is 22.8 Å². The van der Waals surface area contributed by atoms with Crippen molar-refractivity contribution in [3.05, 3.63) is 24.3 Å². The Kier molecular flexibility index (Phi) is 3.91. The van der Waals surface area contributed by atoms with Crippen LogP contribution in [0, 0.1) is 5.92 Å². The van der Waals surface area contributed by atoms with Crippen LogP contribution in [0.3, 0.4) is 0 Å². The quantitative estimate of drug-likeness (QED) is 0.832. The van der Waals surface area contributed by atoms with Crippen molar-refractivity contribution in [1.29, 1.82) is 0 Å². The van der Waals surface area contributed by atoms with Crippen LogP contribution in [0.4, 0.5) is 18.9 Å². The number of fused-ring (bicyclic) bond motifs is 1. The molecule has 0 aliphatic carbocycles. The third-order valence-electron chi connectivity index (χ3n) is 3.93. The Morgan fingerprint density at radius 2 is 2.04 bits per heavy atom. The number of anilines is 1. The van der Waals surface area contributed by atoms with Gasteiger partial charge in [0.2, 0.25) is 11.8 Å². The van der Waals surface area contributed by atoms with Crippen molar-refractivity contribution < 1.29 is 27.5 Å². The van der Waals surface area contributed by atoms with Crippen LogP contribution in [-0.4, -0.2) is 49.1 Å². The van der Waals surface area contributed by atoms with E-state index >= 15 is 0 Å². The summed E-state index contributed by atoms with van der Waals surface area (Å²) < 4.78 is 42.8. The third-order valence-corrected chi connectivity index (χ3v) is 3.93. The smallest absolute Gasteiger partial charge is 0.406 e. The van der Waals surface area contributed by atoms with Crippen LogP contribution in [0.25, 0.3) is 0 Å². The molecule has 1 aromatic carbocycles. The van der Waals surface area contributed by atoms with Crippen LogP contribution in [0.2, 0.25) is 0 Å². The average molecular weight is 328 g/mol. The number of ether oxygens (including phenoxy) is 1. The van der Waals surface area contributed by atoms with E-state index in [0.29, 0.717) is 29.5 Å². The lowest BCUT2D eigenvalue weighted by Gasteiger charge is -2.31. The van der Waals surface area contributed by atoms with Gasteiger partial charge in [-0.3, -0.25) is 9.59 Å². The van der Waals surface area contributed by atoms with Crippen molar-refractivity contribution in [2.45, 2.75) is 12.6 Å². The summed E-state index contributed by atoms with van der Waals surface area (Å²) in [7, 11) is 0. The predicted octanol–water partition coefficient (Wildman–Crippen LogP) is 1.82. The number of rotatable bonds is 2. The van der Waals surface area contributed by atoms with E-state index in [-0.39, 0.29) is 18.9 Å². The first-order valence-corrected chi connectivity index (χ1v) is 7.23. The maximum absolute atomic E-state index is 12.6. The second kappa shape index (κ2) is 5.75. The molecule has 0 aromatic heterocycles. The van der Waals surface area contributed by atoms with Crippen LogP contribution in [0.1, 0.15) is 6.42 Å². The summed E-state index contributed by atoms with van der Waals surface area (Å²) in [5, 5.41) is 0. The van der Waals surface area contributed by atoms with Crippen molar-refractivity contribution in [3.8, 4) is 5.75 Å². The number of hydrogen-bond donors (Lipinski definition) is 0. The molecule has 1 saturated heterocycles. The van der Waals surface area contributed by atoms with Crippen LogP contribution < -0.4 is 9.64 Å². The lowest BCUT2D eigenvalue weighted by molar-refractivity contribution is -0.157. The van der Waals surface area contributed by atoms with Crippen molar-refractivity contribution in [3.63, 3.8) is 0 Å². The SMILES string of the molecule is O=C1CC(C(=O)N2CCOc3ccccc32)CN1CC(F)(F)F. The lowest BCUT2D eigenvalue weighted by atomic mass is 10.1. The average Bonchev–Trinajstić information content (AvgIpc) is 2.85. The zero-order valence-corrected chi connectivity index (χ0v) is 12.2.